The molecule has 0 aromatic heterocycles. The van der Waals surface area contributed by atoms with E-state index < -0.39 is 0 Å². The first-order valence-corrected chi connectivity index (χ1v) is 7.68. The number of fused-ring (bicyclic) bond motifs is 4. The molecule has 5 rings (SSSR count). The molecule has 3 nitrogen and oxygen atoms in total. The van der Waals surface area contributed by atoms with Crippen LogP contribution < -0.4 is 0 Å². The van der Waals surface area contributed by atoms with Crippen LogP contribution in [0, 0.1) is 11.8 Å². The van der Waals surface area contributed by atoms with Crippen molar-refractivity contribution < 1.29 is 4.79 Å². The SMILES string of the molecule is O=C(C[C@@H]1CN2CCC1CC2)c1ccc2c(c1)C=NC2. The molecule has 1 aromatic rings. The van der Waals surface area contributed by atoms with Crippen molar-refractivity contribution in [1.29, 1.82) is 0 Å². The Bertz CT molecular complexity index is 570. The largest absolute Gasteiger partial charge is 0.303 e. The zero-order valence-corrected chi connectivity index (χ0v) is 11.7. The molecule has 0 radical (unpaired) electrons. The second-order valence-electron chi connectivity index (χ2n) is 6.41. The number of aliphatic imine (C=N–C) groups is 1. The van der Waals surface area contributed by atoms with E-state index in [0.29, 0.717) is 11.7 Å². The van der Waals surface area contributed by atoms with Crippen molar-refractivity contribution >= 4 is 12.0 Å². The Morgan fingerprint density at radius 3 is 2.90 bits per heavy atom. The van der Waals surface area contributed by atoms with Crippen LogP contribution in [0.15, 0.2) is 23.2 Å². The summed E-state index contributed by atoms with van der Waals surface area (Å²) < 4.78 is 0. The maximum absolute atomic E-state index is 12.5. The molecular formula is C17H20N2O. The average molecular weight is 268 g/mol. The highest BCUT2D eigenvalue weighted by Crippen LogP contribution is 2.35. The van der Waals surface area contributed by atoms with E-state index >= 15 is 0 Å². The van der Waals surface area contributed by atoms with Crippen LogP contribution >= 0.6 is 0 Å². The molecular weight excluding hydrogens is 248 g/mol. The molecule has 0 spiro atoms. The number of Topliss-reactive ketones (excluding diaryl/α,β-unsaturated/α-hetero) is 1. The summed E-state index contributed by atoms with van der Waals surface area (Å²) in [5.41, 5.74) is 3.24. The van der Waals surface area contributed by atoms with Crippen molar-refractivity contribution in [3.63, 3.8) is 0 Å². The van der Waals surface area contributed by atoms with Gasteiger partial charge in [-0.15, -0.1) is 0 Å². The normalized spacial score (nSPS) is 30.5. The minimum atomic E-state index is 0.312. The van der Waals surface area contributed by atoms with Gasteiger partial charge in [-0.1, -0.05) is 12.1 Å². The molecule has 4 aliphatic rings. The fourth-order valence-electron chi connectivity index (χ4n) is 3.95. The Morgan fingerprint density at radius 2 is 2.15 bits per heavy atom. The van der Waals surface area contributed by atoms with Crippen LogP contribution in [0.5, 0.6) is 0 Å². The Balaban J connectivity index is 1.49. The number of hydrogen-bond acceptors (Lipinski definition) is 3. The molecule has 1 aromatic carbocycles. The van der Waals surface area contributed by atoms with Gasteiger partial charge < -0.3 is 4.90 Å². The van der Waals surface area contributed by atoms with Crippen LogP contribution in [-0.2, 0) is 6.54 Å². The number of carbonyl (C=O) groups excluding carboxylic acids is 1. The van der Waals surface area contributed by atoms with Crippen molar-refractivity contribution in [2.75, 3.05) is 19.6 Å². The zero-order chi connectivity index (χ0) is 13.5. The quantitative estimate of drug-likeness (QED) is 0.789. The van der Waals surface area contributed by atoms with Gasteiger partial charge in [-0.25, -0.2) is 0 Å². The Labute approximate surface area is 119 Å². The molecule has 3 heteroatoms. The van der Waals surface area contributed by atoms with Gasteiger partial charge >= 0.3 is 0 Å². The number of benzene rings is 1. The third-order valence-corrected chi connectivity index (χ3v) is 5.20. The van der Waals surface area contributed by atoms with E-state index in [1.165, 1.54) is 31.5 Å². The van der Waals surface area contributed by atoms with Gasteiger partial charge in [0.15, 0.2) is 5.78 Å². The lowest BCUT2D eigenvalue weighted by Crippen LogP contribution is -2.47. The lowest BCUT2D eigenvalue weighted by atomic mass is 9.76. The Kier molecular flexibility index (Phi) is 2.95. The number of hydrogen-bond donors (Lipinski definition) is 0. The maximum Gasteiger partial charge on any atom is 0.163 e. The van der Waals surface area contributed by atoms with Crippen molar-refractivity contribution in [2.45, 2.75) is 25.8 Å². The highest BCUT2D eigenvalue weighted by Gasteiger charge is 2.35. The molecule has 0 saturated carbocycles. The van der Waals surface area contributed by atoms with E-state index in [4.69, 9.17) is 0 Å². The topological polar surface area (TPSA) is 32.7 Å². The standard InChI is InChI=1S/C17H20N2O/c20-17(8-16-11-19-5-3-12(16)4-6-19)13-1-2-14-9-18-10-15(14)7-13/h1-2,7,10,12,16H,3-6,8-9,11H2/t16-/m1/s1. The molecule has 0 aliphatic carbocycles. The van der Waals surface area contributed by atoms with Gasteiger partial charge in [0.2, 0.25) is 0 Å². The van der Waals surface area contributed by atoms with E-state index in [-0.39, 0.29) is 0 Å². The number of piperidine rings is 3. The first-order valence-electron chi connectivity index (χ1n) is 7.68. The van der Waals surface area contributed by atoms with Gasteiger partial charge in [0.25, 0.3) is 0 Å². The van der Waals surface area contributed by atoms with Gasteiger partial charge in [0, 0.05) is 24.7 Å². The summed E-state index contributed by atoms with van der Waals surface area (Å²) in [6.45, 7) is 4.38. The van der Waals surface area contributed by atoms with E-state index in [0.717, 1.165) is 36.6 Å². The van der Waals surface area contributed by atoms with Gasteiger partial charge in [-0.05, 0) is 55.0 Å². The Hall–Kier alpha value is -1.48. The van der Waals surface area contributed by atoms with Crippen LogP contribution in [0.2, 0.25) is 0 Å². The summed E-state index contributed by atoms with van der Waals surface area (Å²) >= 11 is 0. The van der Waals surface area contributed by atoms with Crippen LogP contribution in [0.3, 0.4) is 0 Å². The fourth-order valence-corrected chi connectivity index (χ4v) is 3.95. The van der Waals surface area contributed by atoms with Crippen molar-refractivity contribution in [1.82, 2.24) is 4.90 Å². The fraction of sp³-hybridized carbons (Fsp3) is 0.529. The molecule has 3 saturated heterocycles. The zero-order valence-electron chi connectivity index (χ0n) is 11.7. The number of nitrogens with zero attached hydrogens (tertiary/aromatic N) is 2. The molecule has 20 heavy (non-hydrogen) atoms. The summed E-state index contributed by atoms with van der Waals surface area (Å²) in [4.78, 5) is 19.3. The Morgan fingerprint density at radius 1 is 1.30 bits per heavy atom. The summed E-state index contributed by atoms with van der Waals surface area (Å²) in [5.74, 6) is 1.67. The highest BCUT2D eigenvalue weighted by molar-refractivity contribution is 5.98. The molecule has 4 heterocycles. The van der Waals surface area contributed by atoms with Gasteiger partial charge in [0.05, 0.1) is 6.54 Å². The van der Waals surface area contributed by atoms with Gasteiger partial charge in [0.1, 0.15) is 0 Å². The number of ketones is 1. The predicted molar refractivity (Wildman–Crippen MR) is 79.3 cm³/mol. The molecule has 0 N–H and O–H groups in total. The van der Waals surface area contributed by atoms with E-state index in [2.05, 4.69) is 16.0 Å². The molecule has 1 atom stereocenters. The summed E-state index contributed by atoms with van der Waals surface area (Å²) in [5, 5.41) is 0. The lowest BCUT2D eigenvalue weighted by molar-refractivity contribution is 0.0441. The first kappa shape index (κ1) is 12.3. The van der Waals surface area contributed by atoms with Crippen molar-refractivity contribution in [3.8, 4) is 0 Å². The molecule has 104 valence electrons. The predicted octanol–water partition coefficient (Wildman–Crippen LogP) is 2.53. The third-order valence-electron chi connectivity index (χ3n) is 5.20. The molecule has 0 unspecified atom stereocenters. The minimum absolute atomic E-state index is 0.312. The van der Waals surface area contributed by atoms with E-state index in [1.807, 2.05) is 18.3 Å². The molecule has 4 aliphatic heterocycles. The summed E-state index contributed by atoms with van der Waals surface area (Å²) in [6.07, 6.45) is 5.18. The number of rotatable bonds is 3. The second kappa shape index (κ2) is 4.81. The average Bonchev–Trinajstić information content (AvgIpc) is 2.96. The maximum atomic E-state index is 12.5. The summed E-state index contributed by atoms with van der Waals surface area (Å²) in [6, 6.07) is 6.07. The van der Waals surface area contributed by atoms with Crippen molar-refractivity contribution in [3.05, 3.63) is 34.9 Å². The molecule has 3 fully saturated rings. The van der Waals surface area contributed by atoms with Crippen LogP contribution in [0.25, 0.3) is 0 Å². The second-order valence-corrected chi connectivity index (χ2v) is 6.41. The molecule has 0 amide bonds. The van der Waals surface area contributed by atoms with Crippen LogP contribution in [0.1, 0.15) is 40.7 Å². The summed E-state index contributed by atoms with van der Waals surface area (Å²) in [7, 11) is 0. The van der Waals surface area contributed by atoms with E-state index in [1.54, 1.807) is 0 Å². The monoisotopic (exact) mass is 268 g/mol. The minimum Gasteiger partial charge on any atom is -0.303 e. The van der Waals surface area contributed by atoms with Crippen molar-refractivity contribution in [2.24, 2.45) is 16.8 Å². The van der Waals surface area contributed by atoms with Crippen LogP contribution in [0.4, 0.5) is 0 Å². The van der Waals surface area contributed by atoms with Crippen LogP contribution in [-0.4, -0.2) is 36.5 Å². The smallest absolute Gasteiger partial charge is 0.163 e. The van der Waals surface area contributed by atoms with Gasteiger partial charge in [-0.2, -0.15) is 0 Å². The first-order chi connectivity index (χ1) is 9.79. The highest BCUT2D eigenvalue weighted by atomic mass is 16.1. The third kappa shape index (κ3) is 2.10. The van der Waals surface area contributed by atoms with E-state index in [9.17, 15) is 4.79 Å². The number of carbonyl (C=O) groups is 1. The lowest BCUT2D eigenvalue weighted by Gasteiger charge is -2.44. The van der Waals surface area contributed by atoms with Gasteiger partial charge in [-0.3, -0.25) is 9.79 Å². The molecule has 2 bridgehead atoms.